The first-order chi connectivity index (χ1) is 17.0. The molecular formula is C29H35N3O3. The van der Waals surface area contributed by atoms with Crippen molar-refractivity contribution in [2.24, 2.45) is 23.7 Å². The quantitative estimate of drug-likeness (QED) is 0.565. The Morgan fingerprint density at radius 1 is 1.14 bits per heavy atom. The van der Waals surface area contributed by atoms with Crippen LogP contribution in [0.15, 0.2) is 60.9 Å². The van der Waals surface area contributed by atoms with Crippen LogP contribution in [0.2, 0.25) is 0 Å². The van der Waals surface area contributed by atoms with E-state index in [0.29, 0.717) is 29.2 Å². The number of ether oxygens (including phenoxy) is 1. The fourth-order valence-corrected chi connectivity index (χ4v) is 6.31. The molecule has 1 saturated carbocycles. The monoisotopic (exact) mass is 473 g/mol. The van der Waals surface area contributed by atoms with E-state index < -0.39 is 0 Å². The highest BCUT2D eigenvalue weighted by atomic mass is 16.5. The summed E-state index contributed by atoms with van der Waals surface area (Å²) in [5.74, 6) is 2.67. The zero-order valence-electron chi connectivity index (χ0n) is 20.7. The first-order valence-corrected chi connectivity index (χ1v) is 12.8. The first kappa shape index (κ1) is 23.6. The topological polar surface area (TPSA) is 62.7 Å². The maximum atomic E-state index is 13.4. The van der Waals surface area contributed by atoms with E-state index in [4.69, 9.17) is 4.74 Å². The third kappa shape index (κ3) is 4.97. The second-order valence-electron chi connectivity index (χ2n) is 10.3. The molecule has 1 aromatic heterocycles. The van der Waals surface area contributed by atoms with Gasteiger partial charge < -0.3 is 14.5 Å². The molecule has 0 N–H and O–H groups in total. The maximum Gasteiger partial charge on any atom is 0.255 e. The van der Waals surface area contributed by atoms with Gasteiger partial charge in [-0.2, -0.15) is 0 Å². The van der Waals surface area contributed by atoms with Crippen molar-refractivity contribution in [1.82, 2.24) is 14.8 Å². The number of hydrogen-bond donors (Lipinski definition) is 0. The van der Waals surface area contributed by atoms with Gasteiger partial charge in [-0.1, -0.05) is 24.3 Å². The molecular weight excluding hydrogens is 438 g/mol. The van der Waals surface area contributed by atoms with Crippen LogP contribution in [-0.2, 0) is 11.2 Å². The summed E-state index contributed by atoms with van der Waals surface area (Å²) < 4.78 is 5.43. The molecule has 6 nitrogen and oxygen atoms in total. The molecule has 2 heterocycles. The number of rotatable bonds is 7. The molecule has 2 aliphatic carbocycles. The van der Waals surface area contributed by atoms with Crippen LogP contribution in [0.4, 0.5) is 0 Å². The molecule has 35 heavy (non-hydrogen) atoms. The minimum Gasteiger partial charge on any atom is -0.497 e. The van der Waals surface area contributed by atoms with E-state index in [9.17, 15) is 9.59 Å². The van der Waals surface area contributed by atoms with Crippen molar-refractivity contribution in [2.75, 3.05) is 27.2 Å². The SMILES string of the molecule is COc1cccc(CC(C2CCN(C(=O)[C@@H]3C[C@@H]4C=C[C@H]3C4)CC2)N(C)C(=O)c2cccnc2)c1. The van der Waals surface area contributed by atoms with Gasteiger partial charge in [-0.3, -0.25) is 14.6 Å². The molecule has 184 valence electrons. The van der Waals surface area contributed by atoms with E-state index in [1.807, 2.05) is 30.1 Å². The van der Waals surface area contributed by atoms with Crippen molar-refractivity contribution in [2.45, 2.75) is 38.1 Å². The molecule has 1 unspecified atom stereocenters. The molecule has 0 radical (unpaired) electrons. The van der Waals surface area contributed by atoms with Gasteiger partial charge in [0.15, 0.2) is 0 Å². The number of piperidine rings is 1. The second kappa shape index (κ2) is 10.2. The highest BCUT2D eigenvalue weighted by Gasteiger charge is 2.42. The molecule has 1 aliphatic heterocycles. The van der Waals surface area contributed by atoms with Crippen LogP contribution in [0.1, 0.15) is 41.6 Å². The van der Waals surface area contributed by atoms with Crippen LogP contribution in [0.5, 0.6) is 5.75 Å². The number of pyridine rings is 1. The molecule has 2 aromatic rings. The van der Waals surface area contributed by atoms with Crippen molar-refractivity contribution in [1.29, 1.82) is 0 Å². The van der Waals surface area contributed by atoms with Gasteiger partial charge >= 0.3 is 0 Å². The number of likely N-dealkylation sites (N-methyl/N-ethyl adjacent to an activating group) is 1. The van der Waals surface area contributed by atoms with Crippen molar-refractivity contribution in [3.05, 3.63) is 72.1 Å². The summed E-state index contributed by atoms with van der Waals surface area (Å²) in [6, 6.07) is 11.7. The number of carbonyl (C=O) groups is 2. The molecule has 1 saturated heterocycles. The lowest BCUT2D eigenvalue weighted by Gasteiger charge is -2.41. The molecule has 1 aromatic carbocycles. The Morgan fingerprint density at radius 2 is 1.97 bits per heavy atom. The summed E-state index contributed by atoms with van der Waals surface area (Å²) >= 11 is 0. The molecule has 2 fully saturated rings. The van der Waals surface area contributed by atoms with Gasteiger partial charge in [-0.25, -0.2) is 0 Å². The molecule has 6 heteroatoms. The largest absolute Gasteiger partial charge is 0.497 e. The lowest BCUT2D eigenvalue weighted by Crippen LogP contribution is -2.49. The normalized spacial score (nSPS) is 24.4. The number of fused-ring (bicyclic) bond motifs is 2. The number of aromatic nitrogens is 1. The van der Waals surface area contributed by atoms with Crippen LogP contribution in [0.25, 0.3) is 0 Å². The third-order valence-corrected chi connectivity index (χ3v) is 8.30. The average molecular weight is 474 g/mol. The summed E-state index contributed by atoms with van der Waals surface area (Å²) in [7, 11) is 3.58. The van der Waals surface area contributed by atoms with E-state index in [0.717, 1.165) is 56.5 Å². The minimum atomic E-state index is -0.0155. The van der Waals surface area contributed by atoms with Crippen LogP contribution < -0.4 is 4.74 Å². The van der Waals surface area contributed by atoms with Gasteiger partial charge in [0.1, 0.15) is 5.75 Å². The Labute approximate surface area is 208 Å². The lowest BCUT2D eigenvalue weighted by molar-refractivity contribution is -0.138. The molecule has 2 amide bonds. The van der Waals surface area contributed by atoms with Gasteiger partial charge in [-0.05, 0) is 79.7 Å². The summed E-state index contributed by atoms with van der Waals surface area (Å²) in [6.07, 6.45) is 12.6. The van der Waals surface area contributed by atoms with Crippen molar-refractivity contribution in [3.63, 3.8) is 0 Å². The zero-order valence-corrected chi connectivity index (χ0v) is 20.7. The Bertz CT molecular complexity index is 1080. The first-order valence-electron chi connectivity index (χ1n) is 12.8. The maximum absolute atomic E-state index is 13.4. The smallest absolute Gasteiger partial charge is 0.255 e. The summed E-state index contributed by atoms with van der Waals surface area (Å²) in [6.45, 7) is 1.54. The van der Waals surface area contributed by atoms with Crippen LogP contribution in [0, 0.1) is 23.7 Å². The second-order valence-corrected chi connectivity index (χ2v) is 10.3. The molecule has 4 atom stereocenters. The number of nitrogens with zero attached hydrogens (tertiary/aromatic N) is 3. The number of carbonyl (C=O) groups excluding carboxylic acids is 2. The predicted molar refractivity (Wildman–Crippen MR) is 135 cm³/mol. The number of hydrogen-bond acceptors (Lipinski definition) is 4. The van der Waals surface area contributed by atoms with Crippen molar-refractivity contribution in [3.8, 4) is 5.75 Å². The predicted octanol–water partition coefficient (Wildman–Crippen LogP) is 4.22. The van der Waals surface area contributed by atoms with Crippen LogP contribution in [-0.4, -0.2) is 59.9 Å². The fourth-order valence-electron chi connectivity index (χ4n) is 6.31. The average Bonchev–Trinajstić information content (AvgIpc) is 3.55. The van der Waals surface area contributed by atoms with Crippen LogP contribution >= 0.6 is 0 Å². The van der Waals surface area contributed by atoms with Gasteiger partial charge in [-0.15, -0.1) is 0 Å². The molecule has 0 spiro atoms. The standard InChI is InChI=1S/C29H35N3O3/c1-31(28(33)24-6-4-12-30-19-24)27(18-20-5-3-7-25(16-20)35-2)22-10-13-32(14-11-22)29(34)26-17-21-8-9-23(26)15-21/h3-9,12,16,19,21-23,26-27H,10-11,13-15,17-18H2,1-2H3/t21-,23+,26-,27?/m1/s1. The number of amides is 2. The number of likely N-dealkylation sites (tertiary alicyclic amines) is 1. The Morgan fingerprint density at radius 3 is 2.63 bits per heavy atom. The summed E-state index contributed by atoms with van der Waals surface area (Å²) in [5.41, 5.74) is 1.75. The number of methoxy groups -OCH3 is 1. The lowest BCUT2D eigenvalue weighted by atomic mass is 9.83. The summed E-state index contributed by atoms with van der Waals surface area (Å²) in [4.78, 5) is 34.7. The van der Waals surface area contributed by atoms with Gasteiger partial charge in [0.25, 0.3) is 5.91 Å². The Hall–Kier alpha value is -3.15. The Kier molecular flexibility index (Phi) is 6.89. The molecule has 2 bridgehead atoms. The van der Waals surface area contributed by atoms with Gasteiger partial charge in [0, 0.05) is 44.5 Å². The van der Waals surface area contributed by atoms with E-state index in [-0.39, 0.29) is 17.9 Å². The highest BCUT2D eigenvalue weighted by molar-refractivity contribution is 5.94. The van der Waals surface area contributed by atoms with Crippen molar-refractivity contribution >= 4 is 11.8 Å². The minimum absolute atomic E-state index is 0.0155. The number of benzene rings is 1. The zero-order chi connectivity index (χ0) is 24.4. The van der Waals surface area contributed by atoms with Gasteiger partial charge in [0.2, 0.25) is 5.91 Å². The Balaban J connectivity index is 1.30. The van der Waals surface area contributed by atoms with E-state index in [1.165, 1.54) is 0 Å². The van der Waals surface area contributed by atoms with Crippen LogP contribution in [0.3, 0.4) is 0 Å². The molecule has 3 aliphatic rings. The van der Waals surface area contributed by atoms with Gasteiger partial charge in [0.05, 0.1) is 12.7 Å². The number of allylic oxidation sites excluding steroid dienone is 2. The van der Waals surface area contributed by atoms with Crippen molar-refractivity contribution < 1.29 is 14.3 Å². The van der Waals surface area contributed by atoms with E-state index >= 15 is 0 Å². The summed E-state index contributed by atoms with van der Waals surface area (Å²) in [5, 5.41) is 0. The van der Waals surface area contributed by atoms with E-state index in [2.05, 4.69) is 34.2 Å². The molecule has 5 rings (SSSR count). The van der Waals surface area contributed by atoms with E-state index in [1.54, 1.807) is 25.6 Å². The highest BCUT2D eigenvalue weighted by Crippen LogP contribution is 2.44. The third-order valence-electron chi connectivity index (χ3n) is 8.30. The fraction of sp³-hybridized carbons (Fsp3) is 0.483.